The molecule has 1 fully saturated rings. The Hall–Kier alpha value is -2.10. The first-order valence-electron chi connectivity index (χ1n) is 7.03. The van der Waals surface area contributed by atoms with Crippen LogP contribution in [0.2, 0.25) is 0 Å². The number of ether oxygens (including phenoxy) is 1. The molecule has 0 saturated heterocycles. The van der Waals surface area contributed by atoms with E-state index in [0.717, 1.165) is 18.4 Å². The van der Waals surface area contributed by atoms with Gasteiger partial charge in [0, 0.05) is 11.8 Å². The molecule has 0 bridgehead atoms. The molecule has 1 aliphatic carbocycles. The molecule has 2 aromatic rings. The first-order chi connectivity index (χ1) is 10.2. The van der Waals surface area contributed by atoms with Crippen LogP contribution in [0.15, 0.2) is 42.5 Å². The summed E-state index contributed by atoms with van der Waals surface area (Å²) in [6, 6.07) is 11.4. The van der Waals surface area contributed by atoms with Crippen LogP contribution in [-0.2, 0) is 0 Å². The highest BCUT2D eigenvalue weighted by atomic mass is 19.1. The quantitative estimate of drug-likeness (QED) is 0.872. The molecule has 2 aromatic carbocycles. The van der Waals surface area contributed by atoms with E-state index < -0.39 is 5.82 Å². The van der Waals surface area contributed by atoms with Gasteiger partial charge in [-0.05, 0) is 48.6 Å². The maximum Gasteiger partial charge on any atom is 0.167 e. The highest BCUT2D eigenvalue weighted by Gasteiger charge is 2.32. The van der Waals surface area contributed by atoms with Gasteiger partial charge in [0.25, 0.3) is 0 Å². The van der Waals surface area contributed by atoms with Gasteiger partial charge in [0.2, 0.25) is 0 Å². The van der Waals surface area contributed by atoms with Crippen LogP contribution in [0.25, 0.3) is 0 Å². The van der Waals surface area contributed by atoms with Crippen molar-refractivity contribution in [3.8, 4) is 5.75 Å². The van der Waals surface area contributed by atoms with E-state index in [2.05, 4.69) is 5.32 Å². The van der Waals surface area contributed by atoms with Crippen molar-refractivity contribution < 1.29 is 13.5 Å². The number of nitrogens with one attached hydrogen (secondary N) is 1. The number of rotatable bonds is 5. The zero-order chi connectivity index (χ0) is 14.8. The number of methoxy groups -OCH3 is 1. The molecular weight excluding hydrogens is 272 g/mol. The van der Waals surface area contributed by atoms with Crippen molar-refractivity contribution in [3.63, 3.8) is 0 Å². The molecule has 3 rings (SSSR count). The second-order valence-electron chi connectivity index (χ2n) is 5.36. The van der Waals surface area contributed by atoms with Crippen molar-refractivity contribution in [3.05, 3.63) is 59.7 Å². The maximum atomic E-state index is 13.8. The first-order valence-corrected chi connectivity index (χ1v) is 7.03. The molecular formula is C17H17F2NO. The predicted molar refractivity (Wildman–Crippen MR) is 78.4 cm³/mol. The minimum absolute atomic E-state index is 0.0818. The molecule has 0 aliphatic heterocycles. The summed E-state index contributed by atoms with van der Waals surface area (Å²) in [7, 11) is 1.44. The summed E-state index contributed by atoms with van der Waals surface area (Å²) in [5, 5.41) is 3.35. The molecule has 4 heteroatoms. The van der Waals surface area contributed by atoms with Gasteiger partial charge >= 0.3 is 0 Å². The summed E-state index contributed by atoms with van der Waals surface area (Å²) in [5.41, 5.74) is 1.73. The third-order valence-corrected chi connectivity index (χ3v) is 3.80. The van der Waals surface area contributed by atoms with E-state index in [9.17, 15) is 8.78 Å². The zero-order valence-electron chi connectivity index (χ0n) is 11.8. The standard InChI is InChI=1S/C17H17F2NO/c1-21-16-9-8-14(10-15(16)19)20-17(11-2-3-11)12-4-6-13(18)7-5-12/h4-11,17,20H,2-3H2,1H3. The van der Waals surface area contributed by atoms with Gasteiger partial charge in [-0.3, -0.25) is 0 Å². The molecule has 1 atom stereocenters. The molecule has 2 nitrogen and oxygen atoms in total. The fraction of sp³-hybridized carbons (Fsp3) is 0.294. The number of hydrogen-bond donors (Lipinski definition) is 1. The topological polar surface area (TPSA) is 21.3 Å². The van der Waals surface area contributed by atoms with Crippen molar-refractivity contribution in [2.75, 3.05) is 12.4 Å². The Labute approximate surface area is 122 Å². The number of halogens is 2. The Morgan fingerprint density at radius 2 is 1.81 bits per heavy atom. The van der Waals surface area contributed by atoms with Gasteiger partial charge in [0.05, 0.1) is 13.2 Å². The largest absolute Gasteiger partial charge is 0.494 e. The third kappa shape index (κ3) is 3.15. The lowest BCUT2D eigenvalue weighted by Crippen LogP contribution is -2.13. The Kier molecular flexibility index (Phi) is 3.78. The maximum absolute atomic E-state index is 13.8. The van der Waals surface area contributed by atoms with E-state index in [-0.39, 0.29) is 17.6 Å². The summed E-state index contributed by atoms with van der Waals surface area (Å²) in [5.74, 6) is 0.103. The van der Waals surface area contributed by atoms with Crippen LogP contribution >= 0.6 is 0 Å². The summed E-state index contributed by atoms with van der Waals surface area (Å²) < 4.78 is 31.7. The fourth-order valence-corrected chi connectivity index (χ4v) is 2.51. The smallest absolute Gasteiger partial charge is 0.167 e. The van der Waals surface area contributed by atoms with Crippen LogP contribution in [0.3, 0.4) is 0 Å². The van der Waals surface area contributed by atoms with Gasteiger partial charge in [-0.25, -0.2) is 8.78 Å². The molecule has 0 heterocycles. The van der Waals surface area contributed by atoms with Crippen LogP contribution in [-0.4, -0.2) is 7.11 Å². The second kappa shape index (κ2) is 5.72. The molecule has 0 amide bonds. The molecule has 110 valence electrons. The summed E-state index contributed by atoms with van der Waals surface area (Å²) >= 11 is 0. The third-order valence-electron chi connectivity index (χ3n) is 3.80. The van der Waals surface area contributed by atoms with Crippen molar-refractivity contribution in [2.24, 2.45) is 5.92 Å². The summed E-state index contributed by atoms with van der Waals surface area (Å²) in [6.45, 7) is 0. The van der Waals surface area contributed by atoms with Crippen LogP contribution in [0.4, 0.5) is 14.5 Å². The summed E-state index contributed by atoms with van der Waals surface area (Å²) in [4.78, 5) is 0. The monoisotopic (exact) mass is 289 g/mol. The lowest BCUT2D eigenvalue weighted by Gasteiger charge is -2.20. The summed E-state index contributed by atoms with van der Waals surface area (Å²) in [6.07, 6.45) is 2.27. The molecule has 21 heavy (non-hydrogen) atoms. The van der Waals surface area contributed by atoms with E-state index >= 15 is 0 Å². The minimum Gasteiger partial charge on any atom is -0.494 e. The molecule has 1 saturated carbocycles. The Morgan fingerprint density at radius 3 is 2.38 bits per heavy atom. The van der Waals surface area contributed by atoms with Gasteiger partial charge in [0.1, 0.15) is 5.82 Å². The SMILES string of the molecule is COc1ccc(NC(c2ccc(F)cc2)C2CC2)cc1F. The minimum atomic E-state index is -0.392. The van der Waals surface area contributed by atoms with E-state index in [4.69, 9.17) is 4.74 Å². The van der Waals surface area contributed by atoms with Gasteiger partial charge in [-0.1, -0.05) is 12.1 Å². The van der Waals surface area contributed by atoms with E-state index in [1.165, 1.54) is 25.3 Å². The molecule has 1 aliphatic rings. The van der Waals surface area contributed by atoms with E-state index in [0.29, 0.717) is 11.6 Å². The molecule has 0 aromatic heterocycles. The molecule has 1 N–H and O–H groups in total. The zero-order valence-corrected chi connectivity index (χ0v) is 11.8. The first kappa shape index (κ1) is 13.9. The highest BCUT2D eigenvalue weighted by molar-refractivity contribution is 5.49. The number of hydrogen-bond acceptors (Lipinski definition) is 2. The van der Waals surface area contributed by atoms with Crippen LogP contribution in [0.5, 0.6) is 5.75 Å². The van der Waals surface area contributed by atoms with Crippen molar-refractivity contribution in [2.45, 2.75) is 18.9 Å². The second-order valence-corrected chi connectivity index (χ2v) is 5.36. The Bertz CT molecular complexity index is 623. The van der Waals surface area contributed by atoms with Crippen molar-refractivity contribution >= 4 is 5.69 Å². The number of anilines is 1. The fourth-order valence-electron chi connectivity index (χ4n) is 2.51. The van der Waals surface area contributed by atoms with Crippen molar-refractivity contribution in [1.82, 2.24) is 0 Å². The van der Waals surface area contributed by atoms with Gasteiger partial charge in [-0.2, -0.15) is 0 Å². The highest BCUT2D eigenvalue weighted by Crippen LogP contribution is 2.43. The molecule has 1 unspecified atom stereocenters. The average Bonchev–Trinajstić information content (AvgIpc) is 3.31. The predicted octanol–water partition coefficient (Wildman–Crippen LogP) is 4.54. The van der Waals surface area contributed by atoms with Gasteiger partial charge < -0.3 is 10.1 Å². The van der Waals surface area contributed by atoms with Gasteiger partial charge in [-0.15, -0.1) is 0 Å². The van der Waals surface area contributed by atoms with Crippen LogP contribution in [0, 0.1) is 17.6 Å². The molecule has 0 spiro atoms. The van der Waals surface area contributed by atoms with Crippen LogP contribution in [0.1, 0.15) is 24.4 Å². The van der Waals surface area contributed by atoms with Crippen LogP contribution < -0.4 is 10.1 Å². The van der Waals surface area contributed by atoms with Gasteiger partial charge in [0.15, 0.2) is 11.6 Å². The lowest BCUT2D eigenvalue weighted by molar-refractivity contribution is 0.386. The Balaban J connectivity index is 1.82. The van der Waals surface area contributed by atoms with Crippen molar-refractivity contribution in [1.29, 1.82) is 0 Å². The van der Waals surface area contributed by atoms with E-state index in [1.807, 2.05) is 0 Å². The number of benzene rings is 2. The van der Waals surface area contributed by atoms with E-state index in [1.54, 1.807) is 24.3 Å². The average molecular weight is 289 g/mol. The lowest BCUT2D eigenvalue weighted by atomic mass is 10.0. The normalized spacial score (nSPS) is 15.6. The Morgan fingerprint density at radius 1 is 1.10 bits per heavy atom. The molecule has 0 radical (unpaired) electrons.